The van der Waals surface area contributed by atoms with E-state index >= 15 is 0 Å². The number of allylic oxidation sites excluding steroid dienone is 2. The first-order valence-electron chi connectivity index (χ1n) is 5.33. The lowest BCUT2D eigenvalue weighted by atomic mass is 10.0. The lowest BCUT2D eigenvalue weighted by Crippen LogP contribution is -2.17. The van der Waals surface area contributed by atoms with Gasteiger partial charge in [-0.15, -0.1) is 0 Å². The van der Waals surface area contributed by atoms with Crippen LogP contribution in [0.15, 0.2) is 30.1 Å². The van der Waals surface area contributed by atoms with Crippen molar-refractivity contribution in [2.45, 2.75) is 19.4 Å². The Morgan fingerprint density at radius 1 is 1.56 bits per heavy atom. The molecule has 94 valence electrons. The molecule has 0 aromatic carbocycles. The van der Waals surface area contributed by atoms with E-state index in [1.807, 2.05) is 25.2 Å². The van der Waals surface area contributed by atoms with Gasteiger partial charge in [-0.25, -0.2) is 4.98 Å². The van der Waals surface area contributed by atoms with Crippen LogP contribution in [0.1, 0.15) is 13.3 Å². The first kappa shape index (κ1) is 12.0. The van der Waals surface area contributed by atoms with E-state index in [1.165, 1.54) is 0 Å². The number of nitro groups is 1. The monoisotopic (exact) mass is 248 g/mol. The number of rotatable bonds is 3. The number of hydrogen-bond donors (Lipinski definition) is 1. The summed E-state index contributed by atoms with van der Waals surface area (Å²) in [6, 6.07) is 0. The summed E-state index contributed by atoms with van der Waals surface area (Å²) >= 11 is 0. The van der Waals surface area contributed by atoms with Gasteiger partial charge in [0.1, 0.15) is 12.4 Å². The van der Waals surface area contributed by atoms with Gasteiger partial charge < -0.3 is 10.5 Å². The zero-order valence-electron chi connectivity index (χ0n) is 9.74. The van der Waals surface area contributed by atoms with Crippen molar-refractivity contribution in [2.24, 2.45) is 0 Å². The Morgan fingerprint density at radius 2 is 2.33 bits per heavy atom. The highest BCUT2D eigenvalue weighted by atomic mass is 16.6. The Balaban J connectivity index is 2.25. The number of nitrogen functional groups attached to an aromatic ring is 1. The molecule has 1 aliphatic rings. The molecule has 1 aromatic heterocycles. The van der Waals surface area contributed by atoms with Crippen molar-refractivity contribution in [3.05, 3.63) is 40.2 Å². The highest BCUT2D eigenvalue weighted by Gasteiger charge is 2.24. The van der Waals surface area contributed by atoms with Crippen molar-refractivity contribution < 1.29 is 9.66 Å². The molecule has 7 nitrogen and oxygen atoms in total. The molecule has 1 unspecified atom stereocenters. The van der Waals surface area contributed by atoms with Crippen LogP contribution in [0, 0.1) is 10.1 Å². The fourth-order valence-electron chi connectivity index (χ4n) is 1.65. The topological polar surface area (TPSA) is 104 Å². The quantitative estimate of drug-likeness (QED) is 0.643. The highest BCUT2D eigenvalue weighted by molar-refractivity contribution is 5.58. The normalized spacial score (nSPS) is 18.3. The second-order valence-electron chi connectivity index (χ2n) is 3.93. The van der Waals surface area contributed by atoms with E-state index in [0.29, 0.717) is 6.42 Å². The maximum Gasteiger partial charge on any atom is 0.372 e. The minimum absolute atomic E-state index is 0.100. The smallest absolute Gasteiger partial charge is 0.372 e. The van der Waals surface area contributed by atoms with Gasteiger partial charge in [-0.1, -0.05) is 17.7 Å². The third-order valence-corrected chi connectivity index (χ3v) is 2.49. The fraction of sp³-hybridized carbons (Fsp3) is 0.273. The number of anilines is 1. The van der Waals surface area contributed by atoms with Crippen molar-refractivity contribution >= 4 is 11.5 Å². The summed E-state index contributed by atoms with van der Waals surface area (Å²) in [7, 11) is 0. The lowest BCUT2D eigenvalue weighted by molar-refractivity contribution is -0.385. The van der Waals surface area contributed by atoms with E-state index in [-0.39, 0.29) is 17.8 Å². The van der Waals surface area contributed by atoms with Gasteiger partial charge in [-0.3, -0.25) is 10.1 Å². The molecule has 1 aromatic rings. The van der Waals surface area contributed by atoms with E-state index in [4.69, 9.17) is 10.5 Å². The van der Waals surface area contributed by atoms with Crippen LogP contribution in [0.25, 0.3) is 0 Å². The molecule has 18 heavy (non-hydrogen) atoms. The minimum Gasteiger partial charge on any atom is -0.465 e. The zero-order chi connectivity index (χ0) is 13.1. The SMILES string of the molecule is CC1=CC=CC(Oc2ncnc(N)c2[N+](=O)[O-])C1. The summed E-state index contributed by atoms with van der Waals surface area (Å²) in [6.45, 7) is 1.96. The Bertz CT molecular complexity index is 539. The average Bonchev–Trinajstić information content (AvgIpc) is 2.28. The van der Waals surface area contributed by atoms with Crippen LogP contribution in [0.3, 0.4) is 0 Å². The van der Waals surface area contributed by atoms with Crippen molar-refractivity contribution in [1.82, 2.24) is 9.97 Å². The van der Waals surface area contributed by atoms with Gasteiger partial charge >= 0.3 is 5.69 Å². The molecule has 7 heteroatoms. The summed E-state index contributed by atoms with van der Waals surface area (Å²) in [5, 5.41) is 10.9. The Hall–Kier alpha value is -2.44. The fourth-order valence-corrected chi connectivity index (χ4v) is 1.65. The van der Waals surface area contributed by atoms with Gasteiger partial charge in [0.25, 0.3) is 5.88 Å². The molecule has 0 amide bonds. The first-order valence-corrected chi connectivity index (χ1v) is 5.33. The molecular formula is C11H12N4O3. The molecule has 0 saturated heterocycles. The number of aromatic nitrogens is 2. The van der Waals surface area contributed by atoms with Gasteiger partial charge in [0.05, 0.1) is 4.92 Å². The predicted molar refractivity (Wildman–Crippen MR) is 65.0 cm³/mol. The largest absolute Gasteiger partial charge is 0.465 e. The van der Waals surface area contributed by atoms with E-state index in [9.17, 15) is 10.1 Å². The molecule has 1 aliphatic carbocycles. The molecule has 0 bridgehead atoms. The van der Waals surface area contributed by atoms with Crippen LogP contribution in [0.2, 0.25) is 0 Å². The van der Waals surface area contributed by atoms with E-state index in [1.54, 1.807) is 0 Å². The summed E-state index contributed by atoms with van der Waals surface area (Å²) in [5.74, 6) is -0.297. The Kier molecular flexibility index (Phi) is 3.22. The van der Waals surface area contributed by atoms with Crippen LogP contribution in [0.4, 0.5) is 11.5 Å². The zero-order valence-corrected chi connectivity index (χ0v) is 9.74. The molecular weight excluding hydrogens is 236 g/mol. The maximum atomic E-state index is 10.9. The summed E-state index contributed by atoms with van der Waals surface area (Å²) in [4.78, 5) is 17.6. The molecule has 0 fully saturated rings. The Labute approximate surface area is 103 Å². The maximum absolute atomic E-state index is 10.9. The Morgan fingerprint density at radius 3 is 3.00 bits per heavy atom. The molecule has 2 N–H and O–H groups in total. The van der Waals surface area contributed by atoms with Crippen molar-refractivity contribution in [2.75, 3.05) is 5.73 Å². The molecule has 0 aliphatic heterocycles. The van der Waals surface area contributed by atoms with Crippen LogP contribution >= 0.6 is 0 Å². The summed E-state index contributed by atoms with van der Waals surface area (Å²) in [5.41, 5.74) is 6.19. The van der Waals surface area contributed by atoms with E-state index in [0.717, 1.165) is 11.9 Å². The molecule has 0 radical (unpaired) electrons. The molecule has 2 rings (SSSR count). The average molecular weight is 248 g/mol. The van der Waals surface area contributed by atoms with Crippen molar-refractivity contribution in [1.29, 1.82) is 0 Å². The number of nitrogens with zero attached hydrogens (tertiary/aromatic N) is 3. The third kappa shape index (κ3) is 2.45. The molecule has 0 saturated carbocycles. The van der Waals surface area contributed by atoms with Crippen LogP contribution < -0.4 is 10.5 Å². The van der Waals surface area contributed by atoms with Crippen LogP contribution in [-0.2, 0) is 0 Å². The standard InChI is InChI=1S/C11H12N4O3/c1-7-3-2-4-8(5-7)18-11-9(15(16)17)10(12)13-6-14-11/h2-4,6,8H,5H2,1H3,(H2,12,13,14). The number of nitrogens with two attached hydrogens (primary N) is 1. The third-order valence-electron chi connectivity index (χ3n) is 2.49. The van der Waals surface area contributed by atoms with E-state index in [2.05, 4.69) is 9.97 Å². The van der Waals surface area contributed by atoms with Crippen molar-refractivity contribution in [3.63, 3.8) is 0 Å². The molecule has 1 heterocycles. The number of hydrogen-bond acceptors (Lipinski definition) is 6. The van der Waals surface area contributed by atoms with Crippen molar-refractivity contribution in [3.8, 4) is 5.88 Å². The summed E-state index contributed by atoms with van der Waals surface area (Å²) < 4.78 is 5.50. The van der Waals surface area contributed by atoms with Crippen LogP contribution in [-0.4, -0.2) is 21.0 Å². The van der Waals surface area contributed by atoms with E-state index < -0.39 is 10.6 Å². The molecule has 1 atom stereocenters. The first-order chi connectivity index (χ1) is 8.58. The lowest BCUT2D eigenvalue weighted by Gasteiger charge is -2.17. The van der Waals surface area contributed by atoms with Gasteiger partial charge in [0.15, 0.2) is 0 Å². The second-order valence-corrected chi connectivity index (χ2v) is 3.93. The number of ether oxygens (including phenoxy) is 1. The predicted octanol–water partition coefficient (Wildman–Crippen LogP) is 1.62. The van der Waals surface area contributed by atoms with Gasteiger partial charge in [0, 0.05) is 6.42 Å². The van der Waals surface area contributed by atoms with Crippen LogP contribution in [0.5, 0.6) is 5.88 Å². The second kappa shape index (κ2) is 4.82. The minimum atomic E-state index is -0.639. The summed E-state index contributed by atoms with van der Waals surface area (Å²) in [6.07, 6.45) is 7.16. The van der Waals surface area contributed by atoms with Gasteiger partial charge in [-0.2, -0.15) is 4.98 Å². The van der Waals surface area contributed by atoms with Gasteiger partial charge in [-0.05, 0) is 13.0 Å². The molecule has 0 spiro atoms. The van der Waals surface area contributed by atoms with Gasteiger partial charge in [0.2, 0.25) is 5.82 Å². The highest BCUT2D eigenvalue weighted by Crippen LogP contribution is 2.30.